The number of nitrogens with two attached hydrogens (primary N) is 1. The molecule has 0 saturated heterocycles. The van der Waals surface area contributed by atoms with Gasteiger partial charge in [-0.3, -0.25) is 9.59 Å². The first-order valence-corrected chi connectivity index (χ1v) is 11.1. The van der Waals surface area contributed by atoms with Crippen molar-refractivity contribution in [2.75, 3.05) is 6.54 Å². The van der Waals surface area contributed by atoms with E-state index in [-0.39, 0.29) is 41.9 Å². The first-order valence-electron chi connectivity index (χ1n) is 11.1. The lowest BCUT2D eigenvalue weighted by molar-refractivity contribution is -0.131. The number of ketones is 2. The normalized spacial score (nSPS) is 13.5. The fourth-order valence-corrected chi connectivity index (χ4v) is 3.95. The summed E-state index contributed by atoms with van der Waals surface area (Å²) < 4.78 is 0. The predicted octanol–water partition coefficient (Wildman–Crippen LogP) is 3.33. The number of H-pyrrole nitrogens is 1. The van der Waals surface area contributed by atoms with Crippen molar-refractivity contribution in [1.82, 2.24) is 15.6 Å². The molecular formula is C24H36N4O3. The van der Waals surface area contributed by atoms with Crippen LogP contribution in [0.15, 0.2) is 30.5 Å². The van der Waals surface area contributed by atoms with Crippen LogP contribution in [0.1, 0.15) is 52.5 Å². The highest BCUT2D eigenvalue weighted by atomic mass is 16.2. The summed E-state index contributed by atoms with van der Waals surface area (Å²) in [6.07, 6.45) is 3.86. The summed E-state index contributed by atoms with van der Waals surface area (Å²) in [5.41, 5.74) is 7.23. The Morgan fingerprint density at radius 1 is 1.10 bits per heavy atom. The molecule has 0 spiro atoms. The number of aromatic amines is 1. The molecule has 2 amide bonds. The molecule has 2 aromatic rings. The average Bonchev–Trinajstić information content (AvgIpc) is 3.11. The summed E-state index contributed by atoms with van der Waals surface area (Å²) in [7, 11) is 0. The second-order valence-electron chi connectivity index (χ2n) is 8.80. The van der Waals surface area contributed by atoms with Crippen LogP contribution in [0, 0.1) is 11.8 Å². The maximum atomic E-state index is 13.3. The van der Waals surface area contributed by atoms with Crippen LogP contribution in [-0.4, -0.2) is 41.2 Å². The summed E-state index contributed by atoms with van der Waals surface area (Å²) in [6.45, 7) is 8.15. The number of fused-ring (bicyclic) bond motifs is 1. The molecule has 2 rings (SSSR count). The van der Waals surface area contributed by atoms with Gasteiger partial charge in [0.05, 0.1) is 6.04 Å². The number of carbonyl (C=O) groups excluding carboxylic acids is 3. The minimum absolute atomic E-state index is 0.0424. The quantitative estimate of drug-likeness (QED) is 0.366. The minimum atomic E-state index is -0.581. The van der Waals surface area contributed by atoms with Gasteiger partial charge in [-0.15, -0.1) is 0 Å². The number of aromatic nitrogens is 1. The van der Waals surface area contributed by atoms with Gasteiger partial charge >= 0.3 is 6.03 Å². The van der Waals surface area contributed by atoms with Gasteiger partial charge in [0.15, 0.2) is 5.78 Å². The molecule has 0 bridgehead atoms. The maximum Gasteiger partial charge on any atom is 0.312 e. The number of urea groups is 1. The van der Waals surface area contributed by atoms with Gasteiger partial charge in [-0.2, -0.15) is 0 Å². The van der Waals surface area contributed by atoms with E-state index >= 15 is 0 Å². The molecule has 0 fully saturated rings. The molecule has 1 heterocycles. The molecule has 170 valence electrons. The Bertz CT molecular complexity index is 888. The highest BCUT2D eigenvalue weighted by Gasteiger charge is 2.28. The topological polar surface area (TPSA) is 117 Å². The average molecular weight is 429 g/mol. The van der Waals surface area contributed by atoms with Crippen molar-refractivity contribution in [1.29, 1.82) is 0 Å². The van der Waals surface area contributed by atoms with Crippen molar-refractivity contribution < 1.29 is 14.4 Å². The predicted molar refractivity (Wildman–Crippen MR) is 124 cm³/mol. The van der Waals surface area contributed by atoms with Gasteiger partial charge in [0.2, 0.25) is 0 Å². The van der Waals surface area contributed by atoms with Crippen LogP contribution < -0.4 is 16.4 Å². The van der Waals surface area contributed by atoms with Crippen LogP contribution in [0.3, 0.4) is 0 Å². The fourth-order valence-electron chi connectivity index (χ4n) is 3.95. The Kier molecular flexibility index (Phi) is 9.24. The number of hydrogen-bond acceptors (Lipinski definition) is 4. The summed E-state index contributed by atoms with van der Waals surface area (Å²) in [6, 6.07) is 7.22. The Hall–Kier alpha value is -2.67. The summed E-state index contributed by atoms with van der Waals surface area (Å²) in [4.78, 5) is 40.2. The summed E-state index contributed by atoms with van der Waals surface area (Å²) >= 11 is 0. The highest BCUT2D eigenvalue weighted by molar-refractivity contribution is 5.92. The van der Waals surface area contributed by atoms with E-state index in [2.05, 4.69) is 21.7 Å². The van der Waals surface area contributed by atoms with E-state index in [9.17, 15) is 14.4 Å². The Morgan fingerprint density at radius 3 is 2.45 bits per heavy atom. The monoisotopic (exact) mass is 428 g/mol. The van der Waals surface area contributed by atoms with Crippen molar-refractivity contribution in [3.8, 4) is 0 Å². The lowest BCUT2D eigenvalue weighted by Crippen LogP contribution is -2.43. The molecule has 0 aliphatic carbocycles. The molecule has 1 aromatic carbocycles. The molecule has 0 radical (unpaired) electrons. The number of carbonyl (C=O) groups is 3. The standard InChI is InChI=1S/C24H36N4O3/c1-15(2)23(30)17(8-7-11-26-24(25)31)13-22(29)21(28-16(3)4)12-18-14-27-20-10-6-5-9-19(18)20/h5-6,9-10,14-17,21,27-28H,7-8,11-13H2,1-4H3,(H3,25,26,31)/t17-,21-/m0/s1. The number of benzene rings is 1. The number of amides is 2. The van der Waals surface area contributed by atoms with Crippen LogP contribution in [0.25, 0.3) is 10.9 Å². The van der Waals surface area contributed by atoms with Crippen LogP contribution >= 0.6 is 0 Å². The Labute approximate surface area is 184 Å². The lowest BCUT2D eigenvalue weighted by Gasteiger charge is -2.23. The number of Topliss-reactive ketones (excluding diaryl/α,β-unsaturated/α-hetero) is 2. The van der Waals surface area contributed by atoms with Crippen molar-refractivity contribution in [2.45, 2.75) is 65.5 Å². The lowest BCUT2D eigenvalue weighted by atomic mass is 9.85. The molecule has 31 heavy (non-hydrogen) atoms. The fraction of sp³-hybridized carbons (Fsp3) is 0.542. The van der Waals surface area contributed by atoms with Crippen LogP contribution in [0.5, 0.6) is 0 Å². The van der Waals surface area contributed by atoms with Gasteiger partial charge < -0.3 is 21.4 Å². The largest absolute Gasteiger partial charge is 0.361 e. The van der Waals surface area contributed by atoms with Gasteiger partial charge in [-0.25, -0.2) is 4.79 Å². The number of primary amides is 1. The van der Waals surface area contributed by atoms with E-state index in [0.29, 0.717) is 25.8 Å². The number of para-hydroxylation sites is 1. The third kappa shape index (κ3) is 7.51. The van der Waals surface area contributed by atoms with Crippen LogP contribution in [-0.2, 0) is 16.0 Å². The number of nitrogens with one attached hydrogen (secondary N) is 3. The van der Waals surface area contributed by atoms with Gasteiger partial charge in [0.25, 0.3) is 0 Å². The third-order valence-corrected chi connectivity index (χ3v) is 5.47. The Balaban J connectivity index is 2.13. The molecule has 0 aliphatic heterocycles. The summed E-state index contributed by atoms with van der Waals surface area (Å²) in [5.74, 6) is -0.378. The first-order chi connectivity index (χ1) is 14.7. The van der Waals surface area contributed by atoms with Gasteiger partial charge in [0, 0.05) is 47.9 Å². The molecular weight excluding hydrogens is 392 g/mol. The highest BCUT2D eigenvalue weighted by Crippen LogP contribution is 2.22. The molecule has 0 unspecified atom stereocenters. The second-order valence-corrected chi connectivity index (χ2v) is 8.80. The van der Waals surface area contributed by atoms with E-state index in [1.54, 1.807) is 0 Å². The number of rotatable bonds is 13. The van der Waals surface area contributed by atoms with Crippen molar-refractivity contribution in [2.24, 2.45) is 17.6 Å². The van der Waals surface area contributed by atoms with Crippen molar-refractivity contribution >= 4 is 28.5 Å². The van der Waals surface area contributed by atoms with Crippen molar-refractivity contribution in [3.05, 3.63) is 36.0 Å². The first kappa shape index (κ1) is 24.6. The third-order valence-electron chi connectivity index (χ3n) is 5.47. The molecule has 0 aliphatic rings. The van der Waals surface area contributed by atoms with Gasteiger partial charge in [-0.1, -0.05) is 45.9 Å². The second kappa shape index (κ2) is 11.6. The molecule has 0 saturated carbocycles. The zero-order chi connectivity index (χ0) is 23.0. The SMILES string of the molecule is CC(C)N[C@@H](Cc1c[nH]c2ccccc12)C(=O)C[C@H](CCCNC(N)=O)C(=O)C(C)C. The maximum absolute atomic E-state index is 13.3. The molecule has 1 aromatic heterocycles. The Morgan fingerprint density at radius 2 is 1.81 bits per heavy atom. The van der Waals surface area contributed by atoms with Gasteiger partial charge in [0.1, 0.15) is 5.78 Å². The zero-order valence-electron chi connectivity index (χ0n) is 19.0. The summed E-state index contributed by atoms with van der Waals surface area (Å²) in [5, 5.41) is 7.04. The van der Waals surface area contributed by atoms with E-state index in [1.165, 1.54) is 0 Å². The molecule has 7 heteroatoms. The van der Waals surface area contributed by atoms with Crippen molar-refractivity contribution in [3.63, 3.8) is 0 Å². The van der Waals surface area contributed by atoms with E-state index < -0.39 is 6.03 Å². The van der Waals surface area contributed by atoms with E-state index in [1.807, 2.05) is 52.1 Å². The minimum Gasteiger partial charge on any atom is -0.361 e. The van der Waals surface area contributed by atoms with E-state index in [4.69, 9.17) is 5.73 Å². The number of hydrogen-bond donors (Lipinski definition) is 4. The zero-order valence-corrected chi connectivity index (χ0v) is 19.0. The molecule has 5 N–H and O–H groups in total. The molecule has 7 nitrogen and oxygen atoms in total. The van der Waals surface area contributed by atoms with Gasteiger partial charge in [-0.05, 0) is 30.9 Å². The molecule has 2 atom stereocenters. The van der Waals surface area contributed by atoms with E-state index in [0.717, 1.165) is 16.5 Å². The van der Waals surface area contributed by atoms with Crippen LogP contribution in [0.2, 0.25) is 0 Å². The smallest absolute Gasteiger partial charge is 0.312 e. The van der Waals surface area contributed by atoms with Crippen LogP contribution in [0.4, 0.5) is 4.79 Å².